The summed E-state index contributed by atoms with van der Waals surface area (Å²) in [6.45, 7) is 1.66. The van der Waals surface area contributed by atoms with Crippen LogP contribution in [-0.2, 0) is 9.53 Å². The molecule has 0 atom stereocenters. The van der Waals surface area contributed by atoms with Gasteiger partial charge in [-0.2, -0.15) is 0 Å². The second-order valence-electron chi connectivity index (χ2n) is 3.28. The second kappa shape index (κ2) is 4.21. The lowest BCUT2D eigenvalue weighted by molar-refractivity contribution is -0.129. The van der Waals surface area contributed by atoms with Crippen LogP contribution in [0.2, 0.25) is 0 Å². The Kier molecular flexibility index (Phi) is 2.74. The molecule has 5 nitrogen and oxygen atoms in total. The van der Waals surface area contributed by atoms with Gasteiger partial charge in [0, 0.05) is 6.08 Å². The average Bonchev–Trinajstić information content (AvgIpc) is 2.56. The van der Waals surface area contributed by atoms with E-state index >= 15 is 0 Å². The number of fused-ring (bicyclic) bond motifs is 1. The second-order valence-corrected chi connectivity index (χ2v) is 3.28. The van der Waals surface area contributed by atoms with Crippen LogP contribution in [0.1, 0.15) is 27.6 Å². The normalized spacial score (nSPS) is 13.7. The Bertz CT molecular complexity index is 542. The van der Waals surface area contributed by atoms with Crippen molar-refractivity contribution in [2.24, 2.45) is 0 Å². The Morgan fingerprint density at radius 2 is 2.06 bits per heavy atom. The van der Waals surface area contributed by atoms with Gasteiger partial charge in [-0.05, 0) is 19.1 Å². The summed E-state index contributed by atoms with van der Waals surface area (Å²) >= 11 is 0. The van der Waals surface area contributed by atoms with Crippen molar-refractivity contribution in [2.45, 2.75) is 6.92 Å². The maximum Gasteiger partial charge on any atom is 0.350 e. The highest BCUT2D eigenvalue weighted by Crippen LogP contribution is 2.29. The average molecular weight is 232 g/mol. The minimum Gasteiger partial charge on any atom is -0.422 e. The van der Waals surface area contributed by atoms with E-state index in [-0.39, 0.29) is 16.9 Å². The lowest BCUT2D eigenvalue weighted by Crippen LogP contribution is -2.07. The molecular formula is C12H8O5. The molecule has 0 bridgehead atoms. The van der Waals surface area contributed by atoms with E-state index in [9.17, 15) is 14.4 Å². The van der Waals surface area contributed by atoms with Crippen molar-refractivity contribution >= 4 is 17.9 Å². The van der Waals surface area contributed by atoms with E-state index in [1.807, 2.05) is 0 Å². The van der Waals surface area contributed by atoms with Gasteiger partial charge in [0.25, 0.3) is 0 Å². The first-order chi connectivity index (χ1) is 8.13. The summed E-state index contributed by atoms with van der Waals surface area (Å²) in [7, 11) is 0. The van der Waals surface area contributed by atoms with E-state index in [4.69, 9.17) is 4.74 Å². The molecule has 0 fully saturated rings. The summed E-state index contributed by atoms with van der Waals surface area (Å²) < 4.78 is 9.36. The van der Waals surface area contributed by atoms with Gasteiger partial charge in [-0.1, -0.05) is 12.1 Å². The summed E-state index contributed by atoms with van der Waals surface area (Å²) in [5, 5.41) is 0. The quantitative estimate of drug-likeness (QED) is 0.334. The number of rotatable bonds is 2. The molecule has 17 heavy (non-hydrogen) atoms. The number of carbonyl (C=O) groups is 3. The number of carbonyl (C=O) groups excluding carboxylic acids is 3. The highest BCUT2D eigenvalue weighted by Gasteiger charge is 2.33. The molecule has 0 unspecified atom stereocenters. The molecule has 0 aromatic heterocycles. The topological polar surface area (TPSA) is 69.7 Å². The molecule has 0 amide bonds. The van der Waals surface area contributed by atoms with Crippen LogP contribution < -0.4 is 4.74 Å². The molecule has 0 N–H and O–H groups in total. The molecule has 5 heteroatoms. The van der Waals surface area contributed by atoms with Crippen LogP contribution in [0.5, 0.6) is 5.75 Å². The third-order valence-electron chi connectivity index (χ3n) is 2.15. The van der Waals surface area contributed by atoms with Crippen molar-refractivity contribution in [3.05, 3.63) is 41.5 Å². The van der Waals surface area contributed by atoms with E-state index < -0.39 is 17.9 Å². The van der Waals surface area contributed by atoms with Crippen LogP contribution >= 0.6 is 0 Å². The molecule has 0 saturated heterocycles. The van der Waals surface area contributed by atoms with Crippen LogP contribution in [0.4, 0.5) is 0 Å². The minimum atomic E-state index is -0.797. The first kappa shape index (κ1) is 11.1. The first-order valence-corrected chi connectivity index (χ1v) is 4.87. The third kappa shape index (κ3) is 1.94. The zero-order chi connectivity index (χ0) is 12.4. The maximum absolute atomic E-state index is 11.4. The molecule has 0 radical (unpaired) electrons. The standard InChI is InChI=1S/C12H8O5/c1-2-4-9(13)16-8-6-3-5-7-10(8)12(15)17-11(7)14/h2-6H,1H3. The lowest BCUT2D eigenvalue weighted by Gasteiger charge is -2.03. The number of esters is 3. The van der Waals surface area contributed by atoms with Crippen LogP contribution in [0.3, 0.4) is 0 Å². The summed E-state index contributed by atoms with van der Waals surface area (Å²) in [4.78, 5) is 33.9. The summed E-state index contributed by atoms with van der Waals surface area (Å²) in [5.41, 5.74) is 0.108. The van der Waals surface area contributed by atoms with Gasteiger partial charge in [-0.15, -0.1) is 0 Å². The molecular weight excluding hydrogens is 224 g/mol. The Morgan fingerprint density at radius 3 is 2.76 bits per heavy atom. The zero-order valence-corrected chi connectivity index (χ0v) is 8.93. The van der Waals surface area contributed by atoms with Gasteiger partial charge in [-0.25, -0.2) is 14.4 Å². The maximum atomic E-state index is 11.4. The molecule has 2 rings (SSSR count). The predicted octanol–water partition coefficient (Wildman–Crippen LogP) is 1.48. The van der Waals surface area contributed by atoms with Crippen molar-refractivity contribution in [3.63, 3.8) is 0 Å². The van der Waals surface area contributed by atoms with Gasteiger partial charge in [0.2, 0.25) is 0 Å². The van der Waals surface area contributed by atoms with Crippen molar-refractivity contribution in [2.75, 3.05) is 0 Å². The number of benzene rings is 1. The van der Waals surface area contributed by atoms with Crippen molar-refractivity contribution in [3.8, 4) is 5.75 Å². The van der Waals surface area contributed by atoms with E-state index in [1.54, 1.807) is 6.92 Å². The van der Waals surface area contributed by atoms with Crippen LogP contribution in [0, 0.1) is 0 Å². The Labute approximate surface area is 96.6 Å². The Morgan fingerprint density at radius 1 is 1.29 bits per heavy atom. The fourth-order valence-corrected chi connectivity index (χ4v) is 1.47. The smallest absolute Gasteiger partial charge is 0.350 e. The number of hydrogen-bond acceptors (Lipinski definition) is 5. The highest BCUT2D eigenvalue weighted by molar-refractivity contribution is 6.16. The van der Waals surface area contributed by atoms with E-state index in [0.717, 1.165) is 0 Å². The van der Waals surface area contributed by atoms with Crippen molar-refractivity contribution in [1.29, 1.82) is 0 Å². The fraction of sp³-hybridized carbons (Fsp3) is 0.0833. The molecule has 1 aliphatic rings. The number of cyclic esters (lactones) is 2. The van der Waals surface area contributed by atoms with Crippen LogP contribution in [0.15, 0.2) is 30.4 Å². The van der Waals surface area contributed by atoms with E-state index in [0.29, 0.717) is 0 Å². The monoisotopic (exact) mass is 232 g/mol. The van der Waals surface area contributed by atoms with Gasteiger partial charge in [0.1, 0.15) is 11.3 Å². The molecule has 1 aromatic rings. The minimum absolute atomic E-state index is 0.00430. The Hall–Kier alpha value is -2.43. The van der Waals surface area contributed by atoms with Crippen molar-refractivity contribution in [1.82, 2.24) is 0 Å². The van der Waals surface area contributed by atoms with Gasteiger partial charge < -0.3 is 9.47 Å². The van der Waals surface area contributed by atoms with Crippen molar-refractivity contribution < 1.29 is 23.9 Å². The number of ether oxygens (including phenoxy) is 2. The van der Waals surface area contributed by atoms with Gasteiger partial charge in [-0.3, -0.25) is 0 Å². The van der Waals surface area contributed by atoms with Gasteiger partial charge in [0.15, 0.2) is 0 Å². The van der Waals surface area contributed by atoms with E-state index in [2.05, 4.69) is 4.74 Å². The highest BCUT2D eigenvalue weighted by atomic mass is 16.6. The largest absolute Gasteiger partial charge is 0.422 e. The van der Waals surface area contributed by atoms with E-state index in [1.165, 1.54) is 30.4 Å². The predicted molar refractivity (Wildman–Crippen MR) is 56.6 cm³/mol. The molecule has 1 heterocycles. The summed E-state index contributed by atoms with van der Waals surface area (Å²) in [5.74, 6) is -2.11. The third-order valence-corrected chi connectivity index (χ3v) is 2.15. The van der Waals surface area contributed by atoms with Gasteiger partial charge >= 0.3 is 17.9 Å². The van der Waals surface area contributed by atoms with Crippen LogP contribution in [-0.4, -0.2) is 17.9 Å². The SMILES string of the molecule is CC=CC(=O)Oc1cccc2c1C(=O)OC2=O. The summed E-state index contributed by atoms with van der Waals surface area (Å²) in [6.07, 6.45) is 2.72. The molecule has 0 aliphatic carbocycles. The summed E-state index contributed by atoms with van der Waals surface area (Å²) in [6, 6.07) is 4.38. The van der Waals surface area contributed by atoms with Crippen LogP contribution in [0.25, 0.3) is 0 Å². The molecule has 0 saturated carbocycles. The fourth-order valence-electron chi connectivity index (χ4n) is 1.47. The number of allylic oxidation sites excluding steroid dienone is 1. The lowest BCUT2D eigenvalue weighted by atomic mass is 10.1. The van der Waals surface area contributed by atoms with Gasteiger partial charge in [0.05, 0.1) is 5.56 Å². The first-order valence-electron chi connectivity index (χ1n) is 4.87. The Balaban J connectivity index is 2.41. The molecule has 0 spiro atoms. The number of hydrogen-bond donors (Lipinski definition) is 0. The zero-order valence-electron chi connectivity index (χ0n) is 8.93. The molecule has 1 aromatic carbocycles. The molecule has 1 aliphatic heterocycles. The molecule has 86 valence electrons.